The molecule has 0 aliphatic heterocycles. The number of hydrogen-bond donors (Lipinski definition) is 1. The highest BCUT2D eigenvalue weighted by molar-refractivity contribution is 6.01. The highest BCUT2D eigenvalue weighted by atomic mass is 16.3. The summed E-state index contributed by atoms with van der Waals surface area (Å²) in [5.74, 6) is 0.176. The number of rotatable bonds is 3. The van der Waals surface area contributed by atoms with Crippen molar-refractivity contribution in [1.82, 2.24) is 0 Å². The average molecular weight is 219 g/mol. The summed E-state index contributed by atoms with van der Waals surface area (Å²) in [6.07, 6.45) is 3.26. The SMILES string of the molecule is C/C=C\C(=O)N(CC)c1ccc(O)cc1C. The van der Waals surface area contributed by atoms with E-state index in [1.807, 2.05) is 20.8 Å². The lowest BCUT2D eigenvalue weighted by molar-refractivity contribution is -0.114. The molecule has 0 heterocycles. The fourth-order valence-electron chi connectivity index (χ4n) is 1.62. The van der Waals surface area contributed by atoms with Crippen LogP contribution in [0.2, 0.25) is 0 Å². The van der Waals surface area contributed by atoms with E-state index < -0.39 is 0 Å². The molecule has 0 fully saturated rings. The molecule has 1 N–H and O–H groups in total. The van der Waals surface area contributed by atoms with Gasteiger partial charge in [0.15, 0.2) is 0 Å². The van der Waals surface area contributed by atoms with Crippen LogP contribution >= 0.6 is 0 Å². The van der Waals surface area contributed by atoms with E-state index in [-0.39, 0.29) is 11.7 Å². The Morgan fingerprint density at radius 3 is 2.69 bits per heavy atom. The van der Waals surface area contributed by atoms with Crippen LogP contribution in [0.15, 0.2) is 30.4 Å². The van der Waals surface area contributed by atoms with Gasteiger partial charge in [0.25, 0.3) is 5.91 Å². The summed E-state index contributed by atoms with van der Waals surface area (Å²) in [5.41, 5.74) is 1.73. The predicted molar refractivity (Wildman–Crippen MR) is 65.7 cm³/mol. The van der Waals surface area contributed by atoms with Crippen molar-refractivity contribution in [1.29, 1.82) is 0 Å². The minimum atomic E-state index is -0.0428. The van der Waals surface area contributed by atoms with E-state index >= 15 is 0 Å². The van der Waals surface area contributed by atoms with Crippen molar-refractivity contribution in [2.75, 3.05) is 11.4 Å². The summed E-state index contributed by atoms with van der Waals surface area (Å²) >= 11 is 0. The van der Waals surface area contributed by atoms with Crippen LogP contribution in [0.5, 0.6) is 5.75 Å². The van der Waals surface area contributed by atoms with Crippen LogP contribution in [0.25, 0.3) is 0 Å². The standard InChI is InChI=1S/C13H17NO2/c1-4-6-13(16)14(5-2)12-8-7-11(15)9-10(12)3/h4,6-9,15H,5H2,1-3H3/b6-4-. The molecule has 0 spiro atoms. The number of likely N-dealkylation sites (N-methyl/N-ethyl adjacent to an activating group) is 1. The van der Waals surface area contributed by atoms with Crippen LogP contribution in [-0.4, -0.2) is 17.6 Å². The van der Waals surface area contributed by atoms with Crippen LogP contribution in [0.4, 0.5) is 5.69 Å². The topological polar surface area (TPSA) is 40.5 Å². The molecule has 86 valence electrons. The third-order valence-electron chi connectivity index (χ3n) is 2.36. The van der Waals surface area contributed by atoms with Crippen LogP contribution in [-0.2, 0) is 4.79 Å². The van der Waals surface area contributed by atoms with Crippen molar-refractivity contribution in [2.45, 2.75) is 20.8 Å². The third-order valence-corrected chi connectivity index (χ3v) is 2.36. The minimum absolute atomic E-state index is 0.0428. The van der Waals surface area contributed by atoms with Crippen LogP contribution < -0.4 is 4.90 Å². The van der Waals surface area contributed by atoms with E-state index in [9.17, 15) is 9.90 Å². The number of carbonyl (C=O) groups excluding carboxylic acids is 1. The number of hydrogen-bond acceptors (Lipinski definition) is 2. The van der Waals surface area contributed by atoms with Gasteiger partial charge in [-0.15, -0.1) is 0 Å². The lowest BCUT2D eigenvalue weighted by atomic mass is 10.1. The highest BCUT2D eigenvalue weighted by Gasteiger charge is 2.13. The van der Waals surface area contributed by atoms with Gasteiger partial charge in [0.1, 0.15) is 5.75 Å². The zero-order valence-corrected chi connectivity index (χ0v) is 9.90. The summed E-state index contributed by atoms with van der Waals surface area (Å²) < 4.78 is 0. The highest BCUT2D eigenvalue weighted by Crippen LogP contribution is 2.24. The van der Waals surface area contributed by atoms with Crippen molar-refractivity contribution in [3.8, 4) is 5.75 Å². The zero-order valence-electron chi connectivity index (χ0n) is 9.90. The van der Waals surface area contributed by atoms with Gasteiger partial charge in [-0.3, -0.25) is 4.79 Å². The molecule has 0 aromatic heterocycles. The number of nitrogens with zero attached hydrogens (tertiary/aromatic N) is 1. The van der Waals surface area contributed by atoms with E-state index in [4.69, 9.17) is 0 Å². The maximum absolute atomic E-state index is 11.8. The number of phenolic OH excluding ortho intramolecular Hbond substituents is 1. The van der Waals surface area contributed by atoms with Gasteiger partial charge in [0.05, 0.1) is 0 Å². The van der Waals surface area contributed by atoms with Crippen molar-refractivity contribution >= 4 is 11.6 Å². The average Bonchev–Trinajstić information content (AvgIpc) is 2.22. The number of anilines is 1. The molecule has 0 bridgehead atoms. The van der Waals surface area contributed by atoms with Gasteiger partial charge in [-0.05, 0) is 50.6 Å². The van der Waals surface area contributed by atoms with Gasteiger partial charge < -0.3 is 10.0 Å². The number of aryl methyl sites for hydroxylation is 1. The second-order valence-corrected chi connectivity index (χ2v) is 3.55. The van der Waals surface area contributed by atoms with Crippen molar-refractivity contribution < 1.29 is 9.90 Å². The maximum Gasteiger partial charge on any atom is 0.250 e. The molecule has 1 aromatic carbocycles. The Morgan fingerprint density at radius 2 is 2.19 bits per heavy atom. The smallest absolute Gasteiger partial charge is 0.250 e. The van der Waals surface area contributed by atoms with E-state index in [0.29, 0.717) is 6.54 Å². The summed E-state index contributed by atoms with van der Waals surface area (Å²) in [7, 11) is 0. The van der Waals surface area contributed by atoms with E-state index in [1.54, 1.807) is 29.2 Å². The molecule has 0 saturated heterocycles. The fourth-order valence-corrected chi connectivity index (χ4v) is 1.62. The Kier molecular flexibility index (Phi) is 4.11. The normalized spacial score (nSPS) is 10.7. The molecule has 0 atom stereocenters. The summed E-state index contributed by atoms with van der Waals surface area (Å²) in [6, 6.07) is 5.00. The number of phenols is 1. The first-order valence-electron chi connectivity index (χ1n) is 5.34. The van der Waals surface area contributed by atoms with Gasteiger partial charge in [-0.2, -0.15) is 0 Å². The summed E-state index contributed by atoms with van der Waals surface area (Å²) in [4.78, 5) is 13.5. The monoisotopic (exact) mass is 219 g/mol. The molecule has 0 unspecified atom stereocenters. The molecule has 0 aliphatic carbocycles. The molecule has 1 amide bonds. The zero-order chi connectivity index (χ0) is 12.1. The predicted octanol–water partition coefficient (Wildman–Crippen LogP) is 2.63. The second kappa shape index (κ2) is 5.35. The lowest BCUT2D eigenvalue weighted by Gasteiger charge is -2.21. The van der Waals surface area contributed by atoms with Gasteiger partial charge in [0.2, 0.25) is 0 Å². The van der Waals surface area contributed by atoms with Crippen molar-refractivity contribution in [2.24, 2.45) is 0 Å². The van der Waals surface area contributed by atoms with Gasteiger partial charge >= 0.3 is 0 Å². The second-order valence-electron chi connectivity index (χ2n) is 3.55. The minimum Gasteiger partial charge on any atom is -0.508 e. The molecule has 3 nitrogen and oxygen atoms in total. The van der Waals surface area contributed by atoms with Crippen molar-refractivity contribution in [3.05, 3.63) is 35.9 Å². The Balaban J connectivity index is 3.08. The first kappa shape index (κ1) is 12.3. The number of benzene rings is 1. The summed E-state index contributed by atoms with van der Waals surface area (Å²) in [5, 5.41) is 9.32. The molecular formula is C13H17NO2. The van der Waals surface area contributed by atoms with Crippen LogP contribution in [0.1, 0.15) is 19.4 Å². The molecule has 16 heavy (non-hydrogen) atoms. The van der Waals surface area contributed by atoms with Gasteiger partial charge in [-0.1, -0.05) is 6.08 Å². The van der Waals surface area contributed by atoms with Gasteiger partial charge in [0, 0.05) is 12.2 Å². The Bertz CT molecular complexity index is 410. The Labute approximate surface area is 96.0 Å². The van der Waals surface area contributed by atoms with Crippen molar-refractivity contribution in [3.63, 3.8) is 0 Å². The first-order valence-corrected chi connectivity index (χ1v) is 5.34. The largest absolute Gasteiger partial charge is 0.508 e. The first-order chi connectivity index (χ1) is 7.60. The maximum atomic E-state index is 11.8. The molecule has 3 heteroatoms. The van der Waals surface area contributed by atoms with Crippen LogP contribution in [0.3, 0.4) is 0 Å². The molecule has 1 aromatic rings. The van der Waals surface area contributed by atoms with E-state index in [0.717, 1.165) is 11.3 Å². The Hall–Kier alpha value is -1.77. The number of amides is 1. The van der Waals surface area contributed by atoms with E-state index in [1.165, 1.54) is 6.08 Å². The number of carbonyl (C=O) groups is 1. The van der Waals surface area contributed by atoms with Crippen LogP contribution in [0, 0.1) is 6.92 Å². The molecule has 0 radical (unpaired) electrons. The van der Waals surface area contributed by atoms with Gasteiger partial charge in [-0.25, -0.2) is 0 Å². The molecule has 0 saturated carbocycles. The van der Waals surface area contributed by atoms with E-state index in [2.05, 4.69) is 0 Å². The fraction of sp³-hybridized carbons (Fsp3) is 0.308. The Morgan fingerprint density at radius 1 is 1.50 bits per heavy atom. The number of allylic oxidation sites excluding steroid dienone is 1. The quantitative estimate of drug-likeness (QED) is 0.794. The molecular weight excluding hydrogens is 202 g/mol. The number of aromatic hydroxyl groups is 1. The molecule has 1 rings (SSSR count). The lowest BCUT2D eigenvalue weighted by Crippen LogP contribution is -2.29. The summed E-state index contributed by atoms with van der Waals surface area (Å²) in [6.45, 7) is 6.22. The third kappa shape index (κ3) is 2.63. The molecule has 0 aliphatic rings.